The molecule has 0 amide bonds. The highest BCUT2D eigenvalue weighted by atomic mass is 35.5. The van der Waals surface area contributed by atoms with Crippen molar-refractivity contribution in [3.8, 4) is 34.1 Å². The monoisotopic (exact) mass is 393 g/mol. The molecule has 2 aromatic rings. The number of hydrogen-bond donors (Lipinski definition) is 1. The molecule has 26 heavy (non-hydrogen) atoms. The number of halogens is 4. The molecule has 0 bridgehead atoms. The predicted molar refractivity (Wildman–Crippen MR) is 93.5 cm³/mol. The Kier molecular flexibility index (Phi) is 7.85. The molecule has 5 nitrogen and oxygen atoms in total. The zero-order valence-electron chi connectivity index (χ0n) is 14.1. The molecule has 2 aromatic carbocycles. The topological polar surface area (TPSA) is 62.9 Å². The van der Waals surface area contributed by atoms with E-state index in [9.17, 15) is 13.2 Å². The van der Waals surface area contributed by atoms with Crippen molar-refractivity contribution < 1.29 is 32.1 Å². The van der Waals surface area contributed by atoms with Crippen LogP contribution in [0.3, 0.4) is 0 Å². The highest BCUT2D eigenvalue weighted by molar-refractivity contribution is 5.85. The summed E-state index contributed by atoms with van der Waals surface area (Å²) < 4.78 is 57.7. The van der Waals surface area contributed by atoms with Gasteiger partial charge in [-0.2, -0.15) is 0 Å². The maximum Gasteiger partial charge on any atom is 0.573 e. The van der Waals surface area contributed by atoms with E-state index in [1.807, 2.05) is 0 Å². The van der Waals surface area contributed by atoms with Crippen LogP contribution in [0, 0.1) is 0 Å². The van der Waals surface area contributed by atoms with E-state index in [4.69, 9.17) is 19.9 Å². The maximum absolute atomic E-state index is 12.7. The van der Waals surface area contributed by atoms with Crippen LogP contribution in [0.15, 0.2) is 36.4 Å². The number of hydrogen-bond acceptors (Lipinski definition) is 5. The van der Waals surface area contributed by atoms with Gasteiger partial charge in [0.25, 0.3) is 0 Å². The lowest BCUT2D eigenvalue weighted by Crippen LogP contribution is -2.18. The number of ether oxygens (including phenoxy) is 4. The second-order valence-corrected chi connectivity index (χ2v) is 4.95. The van der Waals surface area contributed by atoms with E-state index < -0.39 is 12.1 Å². The van der Waals surface area contributed by atoms with Crippen LogP contribution in [0.25, 0.3) is 11.1 Å². The van der Waals surface area contributed by atoms with Gasteiger partial charge < -0.3 is 24.7 Å². The third-order valence-electron chi connectivity index (χ3n) is 3.23. The van der Waals surface area contributed by atoms with Gasteiger partial charge in [-0.25, -0.2) is 0 Å². The van der Waals surface area contributed by atoms with Crippen LogP contribution < -0.4 is 24.7 Å². The summed E-state index contributed by atoms with van der Waals surface area (Å²) in [5.41, 5.74) is 6.41. The molecule has 0 aliphatic heterocycles. The van der Waals surface area contributed by atoms with Crippen molar-refractivity contribution >= 4 is 12.4 Å². The normalized spacial score (nSPS) is 10.7. The summed E-state index contributed by atoms with van der Waals surface area (Å²) in [7, 11) is 2.97. The Hall–Kier alpha value is -2.32. The molecule has 0 heterocycles. The average Bonchev–Trinajstić information content (AvgIpc) is 2.58. The molecule has 0 unspecified atom stereocenters. The van der Waals surface area contributed by atoms with E-state index in [1.54, 1.807) is 24.3 Å². The smallest absolute Gasteiger partial charge is 0.497 e. The van der Waals surface area contributed by atoms with Crippen molar-refractivity contribution in [3.05, 3.63) is 36.4 Å². The zero-order valence-corrected chi connectivity index (χ0v) is 14.9. The SMILES string of the molecule is COc1cc(OC)cc(-c2ccc(OCCN)c(OC(F)(F)F)c2)c1.Cl. The van der Waals surface area contributed by atoms with Gasteiger partial charge in [-0.1, -0.05) is 6.07 Å². The largest absolute Gasteiger partial charge is 0.573 e. The van der Waals surface area contributed by atoms with Crippen molar-refractivity contribution in [3.63, 3.8) is 0 Å². The Bertz CT molecular complexity index is 703. The minimum Gasteiger partial charge on any atom is -0.497 e. The molecular formula is C17H19ClF3NO4. The summed E-state index contributed by atoms with van der Waals surface area (Å²) >= 11 is 0. The number of methoxy groups -OCH3 is 2. The van der Waals surface area contributed by atoms with Crippen molar-refractivity contribution in [1.82, 2.24) is 0 Å². The van der Waals surface area contributed by atoms with Crippen molar-refractivity contribution in [2.45, 2.75) is 6.36 Å². The Morgan fingerprint density at radius 2 is 1.50 bits per heavy atom. The Morgan fingerprint density at radius 1 is 0.885 bits per heavy atom. The zero-order chi connectivity index (χ0) is 18.4. The quantitative estimate of drug-likeness (QED) is 0.769. The molecule has 0 aromatic heterocycles. The first-order valence-electron chi connectivity index (χ1n) is 7.32. The van der Waals surface area contributed by atoms with Gasteiger partial charge in [-0.15, -0.1) is 25.6 Å². The van der Waals surface area contributed by atoms with E-state index in [0.29, 0.717) is 22.6 Å². The highest BCUT2D eigenvalue weighted by Gasteiger charge is 2.32. The first kappa shape index (κ1) is 21.7. The van der Waals surface area contributed by atoms with E-state index >= 15 is 0 Å². The van der Waals surface area contributed by atoms with Crippen molar-refractivity contribution in [1.29, 1.82) is 0 Å². The van der Waals surface area contributed by atoms with E-state index in [0.717, 1.165) is 0 Å². The van der Waals surface area contributed by atoms with Crippen molar-refractivity contribution in [2.75, 3.05) is 27.4 Å². The van der Waals surface area contributed by atoms with Gasteiger partial charge in [-0.3, -0.25) is 0 Å². The van der Waals surface area contributed by atoms with E-state index in [-0.39, 0.29) is 31.3 Å². The summed E-state index contributed by atoms with van der Waals surface area (Å²) in [6.07, 6.45) is -4.84. The van der Waals surface area contributed by atoms with Crippen LogP contribution in [0.5, 0.6) is 23.0 Å². The van der Waals surface area contributed by atoms with Gasteiger partial charge in [-0.05, 0) is 35.4 Å². The molecule has 2 rings (SSSR count). The van der Waals surface area contributed by atoms with Gasteiger partial charge >= 0.3 is 6.36 Å². The van der Waals surface area contributed by atoms with Crippen LogP contribution in [0.2, 0.25) is 0 Å². The molecule has 0 fully saturated rings. The van der Waals surface area contributed by atoms with Gasteiger partial charge in [0.05, 0.1) is 14.2 Å². The predicted octanol–water partition coefficient (Wildman–Crippen LogP) is 4.03. The Labute approximate surface area is 155 Å². The second kappa shape index (κ2) is 9.40. The number of alkyl halides is 3. The molecule has 9 heteroatoms. The lowest BCUT2D eigenvalue weighted by Gasteiger charge is -2.16. The molecule has 0 saturated carbocycles. The summed E-state index contributed by atoms with van der Waals surface area (Å²) in [6, 6.07) is 9.27. The Morgan fingerprint density at radius 3 is 2.00 bits per heavy atom. The minimum absolute atomic E-state index is 0. The molecule has 0 spiro atoms. The molecule has 0 aliphatic rings. The summed E-state index contributed by atoms with van der Waals surface area (Å²) in [5.74, 6) is 0.536. The average molecular weight is 394 g/mol. The maximum atomic E-state index is 12.7. The first-order valence-corrected chi connectivity index (χ1v) is 7.32. The van der Waals surface area contributed by atoms with Gasteiger partial charge in [0.1, 0.15) is 18.1 Å². The third kappa shape index (κ3) is 5.89. The molecule has 0 saturated heterocycles. The minimum atomic E-state index is -4.84. The van der Waals surface area contributed by atoms with Gasteiger partial charge in [0.15, 0.2) is 11.5 Å². The van der Waals surface area contributed by atoms with E-state index in [2.05, 4.69) is 4.74 Å². The van der Waals surface area contributed by atoms with Crippen LogP contribution in [0.4, 0.5) is 13.2 Å². The molecular weight excluding hydrogens is 375 g/mol. The highest BCUT2D eigenvalue weighted by Crippen LogP contribution is 2.38. The number of rotatable bonds is 7. The standard InChI is InChI=1S/C17H18F3NO4.ClH/c1-22-13-7-12(8-14(10-13)23-2)11-3-4-15(24-6-5-21)16(9-11)25-17(18,19)20;/h3-4,7-10H,5-6,21H2,1-2H3;1H. The van der Waals surface area contributed by atoms with Gasteiger partial charge in [0.2, 0.25) is 0 Å². The Balaban J connectivity index is 0.00000338. The van der Waals surface area contributed by atoms with Crippen LogP contribution in [0.1, 0.15) is 0 Å². The number of nitrogens with two attached hydrogens (primary N) is 1. The number of benzene rings is 2. The molecule has 0 aliphatic carbocycles. The first-order chi connectivity index (χ1) is 11.9. The fourth-order valence-electron chi connectivity index (χ4n) is 2.15. The molecule has 0 radical (unpaired) electrons. The lowest BCUT2D eigenvalue weighted by molar-refractivity contribution is -0.275. The summed E-state index contributed by atoms with van der Waals surface area (Å²) in [6.45, 7) is 0.237. The fourth-order valence-corrected chi connectivity index (χ4v) is 2.15. The molecule has 0 atom stereocenters. The second-order valence-electron chi connectivity index (χ2n) is 4.95. The molecule has 144 valence electrons. The van der Waals surface area contributed by atoms with Crippen LogP contribution in [-0.2, 0) is 0 Å². The van der Waals surface area contributed by atoms with Gasteiger partial charge in [0, 0.05) is 12.6 Å². The lowest BCUT2D eigenvalue weighted by atomic mass is 10.0. The summed E-state index contributed by atoms with van der Waals surface area (Å²) in [5, 5.41) is 0. The molecule has 2 N–H and O–H groups in total. The van der Waals surface area contributed by atoms with E-state index in [1.165, 1.54) is 26.4 Å². The van der Waals surface area contributed by atoms with Crippen LogP contribution >= 0.6 is 12.4 Å². The summed E-state index contributed by atoms with van der Waals surface area (Å²) in [4.78, 5) is 0. The third-order valence-corrected chi connectivity index (χ3v) is 3.23. The van der Waals surface area contributed by atoms with Crippen molar-refractivity contribution in [2.24, 2.45) is 5.73 Å². The fraction of sp³-hybridized carbons (Fsp3) is 0.294. The van der Waals surface area contributed by atoms with Crippen LogP contribution in [-0.4, -0.2) is 33.7 Å².